The van der Waals surface area contributed by atoms with E-state index in [-0.39, 0.29) is 24.0 Å². The molecule has 0 saturated heterocycles. The quantitative estimate of drug-likeness (QED) is 0.272. The smallest absolute Gasteiger partial charge is 0.191 e. The maximum absolute atomic E-state index is 5.64. The molecule has 5 nitrogen and oxygen atoms in total. The molecule has 0 heterocycles. The number of hydrogen-bond donors (Lipinski definition) is 2. The van der Waals surface area contributed by atoms with Crippen LogP contribution in [0.2, 0.25) is 0 Å². The van der Waals surface area contributed by atoms with Gasteiger partial charge in [0, 0.05) is 20.1 Å². The third-order valence-electron chi connectivity index (χ3n) is 2.95. The van der Waals surface area contributed by atoms with Gasteiger partial charge >= 0.3 is 0 Å². The summed E-state index contributed by atoms with van der Waals surface area (Å²) in [4.78, 5) is 4.14. The summed E-state index contributed by atoms with van der Waals surface area (Å²) in [5.41, 5.74) is 1.19. The van der Waals surface area contributed by atoms with Gasteiger partial charge in [0.05, 0.1) is 13.2 Å². The van der Waals surface area contributed by atoms with E-state index in [9.17, 15) is 0 Å². The average Bonchev–Trinajstić information content (AvgIpc) is 2.53. The number of nitrogens with one attached hydrogen (secondary N) is 2. The van der Waals surface area contributed by atoms with E-state index in [1.807, 2.05) is 26.0 Å². The molecule has 0 aliphatic rings. The average molecular weight is 433 g/mol. The van der Waals surface area contributed by atoms with Gasteiger partial charge in [-0.2, -0.15) is 0 Å². The number of nitrogens with zero attached hydrogens (tertiary/aromatic N) is 1. The van der Waals surface area contributed by atoms with E-state index in [1.165, 1.54) is 5.56 Å². The lowest BCUT2D eigenvalue weighted by atomic mass is 10.1. The second-order valence-corrected chi connectivity index (χ2v) is 4.57. The van der Waals surface area contributed by atoms with Gasteiger partial charge in [0.25, 0.3) is 0 Å². The van der Waals surface area contributed by atoms with Crippen molar-refractivity contribution in [2.45, 2.75) is 20.3 Å². The Morgan fingerprint density at radius 3 is 2.48 bits per heavy atom. The molecule has 0 atom stereocenters. The van der Waals surface area contributed by atoms with Crippen molar-refractivity contribution in [3.63, 3.8) is 0 Å². The number of benzene rings is 1. The number of ether oxygens (including phenoxy) is 2. The monoisotopic (exact) mass is 433 g/mol. The van der Waals surface area contributed by atoms with E-state index in [4.69, 9.17) is 9.47 Å². The first-order valence-corrected chi connectivity index (χ1v) is 7.69. The van der Waals surface area contributed by atoms with E-state index >= 15 is 0 Å². The summed E-state index contributed by atoms with van der Waals surface area (Å²) in [6, 6.07) is 6.07. The number of hydrogen-bond acceptors (Lipinski definition) is 3. The highest BCUT2D eigenvalue weighted by Crippen LogP contribution is 2.28. The van der Waals surface area contributed by atoms with E-state index in [0.717, 1.165) is 30.4 Å². The second-order valence-electron chi connectivity index (χ2n) is 4.57. The molecule has 23 heavy (non-hydrogen) atoms. The molecule has 0 aromatic heterocycles. The molecular formula is C17H28IN3O2. The van der Waals surface area contributed by atoms with Gasteiger partial charge in [0.2, 0.25) is 0 Å². The summed E-state index contributed by atoms with van der Waals surface area (Å²) >= 11 is 0. The van der Waals surface area contributed by atoms with Gasteiger partial charge in [0.15, 0.2) is 17.5 Å². The van der Waals surface area contributed by atoms with Gasteiger partial charge in [-0.05, 0) is 38.0 Å². The first kappa shape index (κ1) is 21.6. The fourth-order valence-corrected chi connectivity index (χ4v) is 1.97. The van der Waals surface area contributed by atoms with Crippen molar-refractivity contribution in [3.05, 3.63) is 36.4 Å². The van der Waals surface area contributed by atoms with Crippen LogP contribution < -0.4 is 20.1 Å². The zero-order valence-corrected chi connectivity index (χ0v) is 16.6. The molecule has 0 fully saturated rings. The van der Waals surface area contributed by atoms with Crippen molar-refractivity contribution in [3.8, 4) is 11.5 Å². The van der Waals surface area contributed by atoms with Crippen LogP contribution in [0, 0.1) is 0 Å². The van der Waals surface area contributed by atoms with Crippen LogP contribution in [-0.4, -0.2) is 39.3 Å². The fourth-order valence-electron chi connectivity index (χ4n) is 1.97. The Morgan fingerprint density at radius 2 is 1.87 bits per heavy atom. The van der Waals surface area contributed by atoms with Crippen LogP contribution in [0.4, 0.5) is 0 Å². The molecule has 130 valence electrons. The molecule has 1 aromatic rings. The normalized spacial score (nSPS) is 10.5. The van der Waals surface area contributed by atoms with Crippen molar-refractivity contribution >= 4 is 29.9 Å². The van der Waals surface area contributed by atoms with Crippen molar-refractivity contribution in [2.24, 2.45) is 4.99 Å². The van der Waals surface area contributed by atoms with Gasteiger partial charge in [0.1, 0.15) is 0 Å². The van der Waals surface area contributed by atoms with Crippen molar-refractivity contribution in [1.29, 1.82) is 0 Å². The summed E-state index contributed by atoms with van der Waals surface area (Å²) in [5, 5.41) is 6.40. The molecule has 6 heteroatoms. The van der Waals surface area contributed by atoms with Crippen LogP contribution >= 0.6 is 24.0 Å². The predicted molar refractivity (Wildman–Crippen MR) is 107 cm³/mol. The molecule has 0 radical (unpaired) electrons. The largest absolute Gasteiger partial charge is 0.490 e. The van der Waals surface area contributed by atoms with Gasteiger partial charge in [-0.3, -0.25) is 4.99 Å². The Balaban J connectivity index is 0.00000484. The molecule has 0 spiro atoms. The molecule has 0 saturated carbocycles. The Labute approximate surface area is 156 Å². The molecule has 0 bridgehead atoms. The van der Waals surface area contributed by atoms with Gasteiger partial charge in [-0.25, -0.2) is 0 Å². The first-order chi connectivity index (χ1) is 10.7. The zero-order chi connectivity index (χ0) is 16.2. The molecule has 0 aliphatic heterocycles. The Kier molecular flexibility index (Phi) is 12.2. The van der Waals surface area contributed by atoms with Crippen LogP contribution in [0.5, 0.6) is 11.5 Å². The van der Waals surface area contributed by atoms with Gasteiger partial charge < -0.3 is 20.1 Å². The maximum atomic E-state index is 5.64. The Bertz CT molecular complexity index is 493. The van der Waals surface area contributed by atoms with E-state index in [0.29, 0.717) is 19.8 Å². The SMILES string of the molecule is C=CCNC(=NC)NCCc1ccc(OCC)c(OCC)c1.I. The third kappa shape index (κ3) is 8.11. The third-order valence-corrected chi connectivity index (χ3v) is 2.95. The lowest BCUT2D eigenvalue weighted by molar-refractivity contribution is 0.287. The molecule has 1 rings (SSSR count). The Hall–Kier alpha value is -1.44. The van der Waals surface area contributed by atoms with Crippen LogP contribution in [0.1, 0.15) is 19.4 Å². The zero-order valence-electron chi connectivity index (χ0n) is 14.2. The fraction of sp³-hybridized carbons (Fsp3) is 0.471. The molecule has 2 N–H and O–H groups in total. The number of rotatable bonds is 9. The molecule has 0 unspecified atom stereocenters. The second kappa shape index (κ2) is 13.0. The summed E-state index contributed by atoms with van der Waals surface area (Å²) in [7, 11) is 1.75. The van der Waals surface area contributed by atoms with Crippen molar-refractivity contribution in [2.75, 3.05) is 33.4 Å². The van der Waals surface area contributed by atoms with Crippen molar-refractivity contribution < 1.29 is 9.47 Å². The topological polar surface area (TPSA) is 54.9 Å². The van der Waals surface area contributed by atoms with Crippen LogP contribution in [0.3, 0.4) is 0 Å². The minimum atomic E-state index is 0. The standard InChI is InChI=1S/C17H27N3O2.HI/c1-5-11-19-17(18-4)20-12-10-14-8-9-15(21-6-2)16(13-14)22-7-3;/h5,8-9,13H,1,6-7,10-12H2,2-4H3,(H2,18,19,20);1H. The molecule has 0 aliphatic carbocycles. The molecule has 1 aromatic carbocycles. The highest BCUT2D eigenvalue weighted by Gasteiger charge is 2.06. The molecular weight excluding hydrogens is 405 g/mol. The van der Waals surface area contributed by atoms with Crippen LogP contribution in [0.15, 0.2) is 35.8 Å². The first-order valence-electron chi connectivity index (χ1n) is 7.69. The van der Waals surface area contributed by atoms with E-state index in [1.54, 1.807) is 13.1 Å². The van der Waals surface area contributed by atoms with Crippen LogP contribution in [0.25, 0.3) is 0 Å². The van der Waals surface area contributed by atoms with E-state index < -0.39 is 0 Å². The Morgan fingerprint density at radius 1 is 1.17 bits per heavy atom. The summed E-state index contributed by atoms with van der Waals surface area (Å²) < 4.78 is 11.2. The van der Waals surface area contributed by atoms with E-state index in [2.05, 4.69) is 28.3 Å². The summed E-state index contributed by atoms with van der Waals surface area (Å²) in [6.45, 7) is 10.3. The lowest BCUT2D eigenvalue weighted by Gasteiger charge is -2.13. The van der Waals surface area contributed by atoms with Crippen molar-refractivity contribution in [1.82, 2.24) is 10.6 Å². The highest BCUT2D eigenvalue weighted by molar-refractivity contribution is 14.0. The maximum Gasteiger partial charge on any atom is 0.191 e. The minimum absolute atomic E-state index is 0. The van der Waals surface area contributed by atoms with Gasteiger partial charge in [-0.15, -0.1) is 30.6 Å². The lowest BCUT2D eigenvalue weighted by Crippen LogP contribution is -2.38. The highest BCUT2D eigenvalue weighted by atomic mass is 127. The summed E-state index contributed by atoms with van der Waals surface area (Å²) in [5.74, 6) is 2.37. The number of aliphatic imine (C=N–C) groups is 1. The number of halogens is 1. The number of guanidine groups is 1. The molecule has 0 amide bonds. The minimum Gasteiger partial charge on any atom is -0.490 e. The summed E-state index contributed by atoms with van der Waals surface area (Å²) in [6.07, 6.45) is 2.68. The predicted octanol–water partition coefficient (Wildman–Crippen LogP) is 3.00. The van der Waals surface area contributed by atoms with Gasteiger partial charge in [-0.1, -0.05) is 12.1 Å². The van der Waals surface area contributed by atoms with Crippen LogP contribution in [-0.2, 0) is 6.42 Å².